The molecule has 0 amide bonds. The second kappa shape index (κ2) is 15.0. The highest BCUT2D eigenvalue weighted by atomic mass is 35.5. The molecule has 0 spiro atoms. The second-order valence-corrected chi connectivity index (χ2v) is 7.81. The molecule has 1 saturated heterocycles. The van der Waals surface area contributed by atoms with Crippen molar-refractivity contribution in [3.05, 3.63) is 36.4 Å². The van der Waals surface area contributed by atoms with Gasteiger partial charge in [0.05, 0.1) is 27.9 Å². The number of nitrogens with one attached hydrogen (secondary N) is 2. The van der Waals surface area contributed by atoms with Crippen molar-refractivity contribution in [1.82, 2.24) is 0 Å². The van der Waals surface area contributed by atoms with Crippen LogP contribution in [0, 0.1) is 0 Å². The average molecular weight is 519 g/mol. The Bertz CT molecular complexity index is 840. The lowest BCUT2D eigenvalue weighted by molar-refractivity contribution is -0.988. The van der Waals surface area contributed by atoms with Crippen molar-refractivity contribution in [2.45, 2.75) is 13.0 Å². The number of ether oxygens (including phenoxy) is 5. The third-order valence-electron chi connectivity index (χ3n) is 5.73. The van der Waals surface area contributed by atoms with Crippen LogP contribution >= 0.6 is 0 Å². The van der Waals surface area contributed by atoms with E-state index in [0.717, 1.165) is 31.9 Å². The van der Waals surface area contributed by atoms with Crippen molar-refractivity contribution in [1.29, 1.82) is 0 Å². The van der Waals surface area contributed by atoms with Gasteiger partial charge in [-0.05, 0) is 13.0 Å². The first-order chi connectivity index (χ1) is 15.6. The zero-order valence-corrected chi connectivity index (χ0v) is 21.7. The number of rotatable bonds is 11. The number of aliphatic hydroxyl groups excluding tert-OH is 1. The summed E-state index contributed by atoms with van der Waals surface area (Å²) < 4.78 is 27.7. The predicted octanol–water partition coefficient (Wildman–Crippen LogP) is -6.03. The van der Waals surface area contributed by atoms with E-state index < -0.39 is 6.10 Å². The molecule has 8 nitrogen and oxygen atoms in total. The number of aliphatic hydroxyl groups is 1. The topological polar surface area (TPSA) is 75.3 Å². The minimum Gasteiger partial charge on any atom is -1.00 e. The standard InChI is InChI=1S/C24H34N2O6.2ClH/c1-5-31-21-9-7-6-8-20(21)26-12-10-25(11-13-26)16-18(27)17-32-19-14-22(28-2)24(30-4)23(15-19)29-3;;/h6-9,14-15,18,27H,5,10-13,16-17H2,1-4H3;2*1H. The van der Waals surface area contributed by atoms with Gasteiger partial charge < -0.3 is 58.5 Å². The summed E-state index contributed by atoms with van der Waals surface area (Å²) in [6.07, 6.45) is -0.568. The van der Waals surface area contributed by atoms with E-state index in [1.807, 2.05) is 19.1 Å². The van der Waals surface area contributed by atoms with Crippen molar-refractivity contribution in [2.24, 2.45) is 0 Å². The highest BCUT2D eigenvalue weighted by Crippen LogP contribution is 2.40. The Morgan fingerprint density at radius 3 is 2.03 bits per heavy atom. The monoisotopic (exact) mass is 518 g/mol. The van der Waals surface area contributed by atoms with Crippen LogP contribution in [-0.2, 0) is 0 Å². The van der Waals surface area contributed by atoms with Crippen LogP contribution in [0.4, 0.5) is 5.69 Å². The summed E-state index contributed by atoms with van der Waals surface area (Å²) in [6, 6.07) is 11.7. The Morgan fingerprint density at radius 2 is 1.47 bits per heavy atom. The minimum absolute atomic E-state index is 0. The van der Waals surface area contributed by atoms with Crippen LogP contribution in [0.15, 0.2) is 36.4 Å². The van der Waals surface area contributed by atoms with Crippen LogP contribution in [-0.4, -0.2) is 78.5 Å². The lowest BCUT2D eigenvalue weighted by Crippen LogP contribution is -3.26. The molecule has 2 aromatic rings. The maximum absolute atomic E-state index is 10.6. The van der Waals surface area contributed by atoms with Crippen molar-refractivity contribution in [3.63, 3.8) is 0 Å². The SMILES string of the molecule is CCOc1ccccc1[NH+]1CC[NH+](CC(O)COc2cc(OC)c(OC)c(OC)c2)CC1.[Cl-].[Cl-]. The fourth-order valence-corrected chi connectivity index (χ4v) is 4.14. The molecule has 0 aliphatic carbocycles. The van der Waals surface area contributed by atoms with E-state index in [2.05, 4.69) is 12.1 Å². The first kappa shape index (κ1) is 29.9. The first-order valence-corrected chi connectivity index (χ1v) is 11.1. The zero-order valence-electron chi connectivity index (χ0n) is 20.2. The van der Waals surface area contributed by atoms with E-state index in [9.17, 15) is 5.11 Å². The molecule has 192 valence electrons. The summed E-state index contributed by atoms with van der Waals surface area (Å²) in [6.45, 7) is 7.49. The van der Waals surface area contributed by atoms with Crippen molar-refractivity contribution < 1.29 is 63.4 Å². The van der Waals surface area contributed by atoms with Gasteiger partial charge in [0.1, 0.15) is 51.2 Å². The molecule has 3 rings (SSSR count). The van der Waals surface area contributed by atoms with E-state index in [4.69, 9.17) is 23.7 Å². The molecule has 3 N–H and O–H groups in total. The van der Waals surface area contributed by atoms with Crippen molar-refractivity contribution >= 4 is 5.69 Å². The fraction of sp³-hybridized carbons (Fsp3) is 0.500. The summed E-state index contributed by atoms with van der Waals surface area (Å²) in [4.78, 5) is 2.81. The molecule has 1 heterocycles. The molecule has 0 aromatic heterocycles. The molecular formula is C24H36Cl2N2O6. The van der Waals surface area contributed by atoms with E-state index in [0.29, 0.717) is 36.1 Å². The van der Waals surface area contributed by atoms with Gasteiger partial charge >= 0.3 is 0 Å². The first-order valence-electron chi connectivity index (χ1n) is 11.1. The number of hydrogen-bond donors (Lipinski definition) is 3. The molecule has 1 aliphatic rings. The Balaban J connectivity index is 0.00000289. The highest BCUT2D eigenvalue weighted by molar-refractivity contribution is 5.55. The van der Waals surface area contributed by atoms with Gasteiger partial charge in [-0.1, -0.05) is 12.1 Å². The average Bonchev–Trinajstić information content (AvgIpc) is 2.83. The van der Waals surface area contributed by atoms with E-state index in [-0.39, 0.29) is 31.4 Å². The Hall–Kier alpha value is -2.10. The number of para-hydroxylation sites is 2. The number of benzene rings is 2. The maximum atomic E-state index is 10.6. The number of hydrogen-bond acceptors (Lipinski definition) is 6. The van der Waals surface area contributed by atoms with Crippen LogP contribution in [0.25, 0.3) is 0 Å². The van der Waals surface area contributed by atoms with Gasteiger partial charge in [0.25, 0.3) is 0 Å². The number of quaternary nitrogens is 2. The van der Waals surface area contributed by atoms with Gasteiger partial charge in [0, 0.05) is 18.2 Å². The lowest BCUT2D eigenvalue weighted by Gasteiger charge is -2.31. The van der Waals surface area contributed by atoms with E-state index in [1.54, 1.807) is 33.5 Å². The van der Waals surface area contributed by atoms with Gasteiger partial charge in [0.2, 0.25) is 5.75 Å². The van der Waals surface area contributed by atoms with Gasteiger partial charge in [0.15, 0.2) is 22.9 Å². The molecular weight excluding hydrogens is 483 g/mol. The number of methoxy groups -OCH3 is 3. The smallest absolute Gasteiger partial charge is 0.203 e. The number of halogens is 2. The molecule has 1 unspecified atom stereocenters. The molecule has 2 aromatic carbocycles. The molecule has 0 saturated carbocycles. The van der Waals surface area contributed by atoms with Gasteiger partial charge in [-0.25, -0.2) is 0 Å². The Kier molecular flexibility index (Phi) is 13.2. The summed E-state index contributed by atoms with van der Waals surface area (Å²) in [7, 11) is 4.69. The van der Waals surface area contributed by atoms with Crippen LogP contribution in [0.1, 0.15) is 6.92 Å². The normalized spacial score (nSPS) is 18.0. The zero-order chi connectivity index (χ0) is 22.9. The molecule has 0 radical (unpaired) electrons. The molecule has 1 aliphatic heterocycles. The third-order valence-corrected chi connectivity index (χ3v) is 5.73. The van der Waals surface area contributed by atoms with Crippen LogP contribution in [0.2, 0.25) is 0 Å². The van der Waals surface area contributed by atoms with Crippen molar-refractivity contribution in [2.75, 3.05) is 67.3 Å². The van der Waals surface area contributed by atoms with Gasteiger partial charge in [-0.15, -0.1) is 0 Å². The molecule has 1 atom stereocenters. The lowest BCUT2D eigenvalue weighted by atomic mass is 10.2. The summed E-state index contributed by atoms with van der Waals surface area (Å²) >= 11 is 0. The maximum Gasteiger partial charge on any atom is 0.203 e. The van der Waals surface area contributed by atoms with Crippen molar-refractivity contribution in [3.8, 4) is 28.7 Å². The Morgan fingerprint density at radius 1 is 0.853 bits per heavy atom. The highest BCUT2D eigenvalue weighted by Gasteiger charge is 2.28. The molecule has 34 heavy (non-hydrogen) atoms. The summed E-state index contributed by atoms with van der Waals surface area (Å²) in [5.41, 5.74) is 1.22. The van der Waals surface area contributed by atoms with Crippen LogP contribution < -0.4 is 58.3 Å². The van der Waals surface area contributed by atoms with Crippen LogP contribution in [0.5, 0.6) is 28.7 Å². The molecule has 1 fully saturated rings. The van der Waals surface area contributed by atoms with Crippen LogP contribution in [0.3, 0.4) is 0 Å². The summed E-state index contributed by atoms with van der Waals surface area (Å²) in [5.74, 6) is 3.09. The summed E-state index contributed by atoms with van der Waals surface area (Å²) in [5, 5.41) is 10.6. The number of piperazine rings is 1. The third kappa shape index (κ3) is 7.71. The molecule has 10 heteroatoms. The molecule has 0 bridgehead atoms. The predicted molar refractivity (Wildman–Crippen MR) is 121 cm³/mol. The quantitative estimate of drug-likeness (QED) is 0.275. The Labute approximate surface area is 214 Å². The van der Waals surface area contributed by atoms with Gasteiger partial charge in [-0.3, -0.25) is 4.90 Å². The fourth-order valence-electron chi connectivity index (χ4n) is 4.14. The largest absolute Gasteiger partial charge is 1.00 e. The minimum atomic E-state index is -0.568. The second-order valence-electron chi connectivity index (χ2n) is 7.81. The van der Waals surface area contributed by atoms with Gasteiger partial charge in [-0.2, -0.15) is 0 Å². The van der Waals surface area contributed by atoms with E-state index in [1.165, 1.54) is 15.5 Å². The van der Waals surface area contributed by atoms with E-state index >= 15 is 0 Å².